The van der Waals surface area contributed by atoms with E-state index in [1.54, 1.807) is 6.08 Å². The predicted octanol–water partition coefficient (Wildman–Crippen LogP) is 15.0. The predicted molar refractivity (Wildman–Crippen MR) is 246 cm³/mol. The molecule has 338 valence electrons. The van der Waals surface area contributed by atoms with Crippen molar-refractivity contribution in [1.82, 2.24) is 5.32 Å². The smallest absolute Gasteiger partial charge is 0.305 e. The zero-order valence-corrected chi connectivity index (χ0v) is 38.3. The van der Waals surface area contributed by atoms with Crippen LogP contribution in [0.4, 0.5) is 0 Å². The molecule has 2 atom stereocenters. The number of carbonyl (C=O) groups is 2. The van der Waals surface area contributed by atoms with Gasteiger partial charge in [0.05, 0.1) is 25.4 Å². The second-order valence-corrected chi connectivity index (χ2v) is 17.5. The summed E-state index contributed by atoms with van der Waals surface area (Å²) in [5.41, 5.74) is 0. The van der Waals surface area contributed by atoms with Crippen molar-refractivity contribution in [2.75, 3.05) is 13.2 Å². The third-order valence-corrected chi connectivity index (χ3v) is 11.8. The maximum Gasteiger partial charge on any atom is 0.305 e. The van der Waals surface area contributed by atoms with Gasteiger partial charge in [0, 0.05) is 12.8 Å². The molecule has 0 rings (SSSR count). The molecule has 0 saturated heterocycles. The Morgan fingerprint density at radius 2 is 0.807 bits per heavy atom. The lowest BCUT2D eigenvalue weighted by Gasteiger charge is -2.20. The number of nitrogens with one attached hydrogen (secondary N) is 1. The molecule has 0 saturated carbocycles. The largest absolute Gasteiger partial charge is 0.466 e. The quantitative estimate of drug-likeness (QED) is 0.0323. The number of ether oxygens (including phenoxy) is 1. The van der Waals surface area contributed by atoms with Gasteiger partial charge in [0.1, 0.15) is 0 Å². The molecule has 0 spiro atoms. The number of carbonyl (C=O) groups excluding carboxylic acids is 2. The zero-order chi connectivity index (χ0) is 41.5. The fraction of sp³-hybridized carbons (Fsp3) is 0.922. The summed E-state index contributed by atoms with van der Waals surface area (Å²) in [4.78, 5) is 24.5. The highest BCUT2D eigenvalue weighted by Gasteiger charge is 2.18. The Labute approximate surface area is 355 Å². The van der Waals surface area contributed by atoms with Gasteiger partial charge in [-0.15, -0.1) is 0 Å². The first-order valence-electron chi connectivity index (χ1n) is 25.5. The monoisotopic (exact) mass is 806 g/mol. The Kier molecular flexibility index (Phi) is 46.1. The van der Waals surface area contributed by atoms with Gasteiger partial charge in [-0.2, -0.15) is 0 Å². The Balaban J connectivity index is 3.50. The van der Waals surface area contributed by atoms with Gasteiger partial charge in [-0.3, -0.25) is 9.59 Å². The van der Waals surface area contributed by atoms with E-state index in [1.807, 2.05) is 6.08 Å². The molecule has 57 heavy (non-hydrogen) atoms. The van der Waals surface area contributed by atoms with Crippen LogP contribution in [-0.4, -0.2) is 47.4 Å². The number of rotatable bonds is 47. The average molecular weight is 806 g/mol. The molecule has 0 aliphatic heterocycles. The molecule has 6 nitrogen and oxygen atoms in total. The normalized spacial score (nSPS) is 12.7. The first-order valence-corrected chi connectivity index (χ1v) is 25.5. The van der Waals surface area contributed by atoms with Gasteiger partial charge in [-0.25, -0.2) is 0 Å². The van der Waals surface area contributed by atoms with E-state index >= 15 is 0 Å². The molecule has 0 heterocycles. The van der Waals surface area contributed by atoms with Crippen molar-refractivity contribution < 1.29 is 24.5 Å². The fourth-order valence-corrected chi connectivity index (χ4v) is 7.87. The van der Waals surface area contributed by atoms with Crippen LogP contribution < -0.4 is 5.32 Å². The number of aliphatic hydroxyl groups is 2. The number of amides is 1. The number of hydrogen-bond donors (Lipinski definition) is 3. The molecule has 2 unspecified atom stereocenters. The number of allylic oxidation sites excluding steroid dienone is 1. The third kappa shape index (κ3) is 44.0. The molecule has 0 bridgehead atoms. The maximum absolute atomic E-state index is 12.4. The third-order valence-electron chi connectivity index (χ3n) is 11.8. The van der Waals surface area contributed by atoms with Gasteiger partial charge >= 0.3 is 5.97 Å². The van der Waals surface area contributed by atoms with E-state index in [1.165, 1.54) is 193 Å². The SMILES string of the molecule is CCCCCCCCCCCCCCC/C=C/C(O)C(CO)NC(=O)CCCCCCCCCCCOC(=O)CCCCCCCCCCCCCCCCCC. The molecule has 0 radical (unpaired) electrons. The minimum Gasteiger partial charge on any atom is -0.466 e. The van der Waals surface area contributed by atoms with Crippen LogP contribution in [0.25, 0.3) is 0 Å². The molecular formula is C51H99NO5. The molecule has 3 N–H and O–H groups in total. The van der Waals surface area contributed by atoms with Crippen molar-refractivity contribution in [3.8, 4) is 0 Å². The first kappa shape index (κ1) is 55.6. The lowest BCUT2D eigenvalue weighted by Crippen LogP contribution is -2.45. The molecule has 0 aliphatic rings. The summed E-state index contributed by atoms with van der Waals surface area (Å²) in [6, 6.07) is -0.646. The number of esters is 1. The highest BCUT2D eigenvalue weighted by molar-refractivity contribution is 5.76. The van der Waals surface area contributed by atoms with Gasteiger partial charge in [-0.05, 0) is 32.1 Å². The van der Waals surface area contributed by atoms with Crippen molar-refractivity contribution in [3.05, 3.63) is 12.2 Å². The van der Waals surface area contributed by atoms with Crippen molar-refractivity contribution in [2.24, 2.45) is 0 Å². The minimum absolute atomic E-state index is 0.0238. The summed E-state index contributed by atoms with van der Waals surface area (Å²) < 4.78 is 5.45. The highest BCUT2D eigenvalue weighted by Crippen LogP contribution is 2.16. The summed E-state index contributed by atoms with van der Waals surface area (Å²) in [5, 5.41) is 23.0. The van der Waals surface area contributed by atoms with Crippen molar-refractivity contribution in [1.29, 1.82) is 0 Å². The van der Waals surface area contributed by atoms with Crippen LogP contribution in [0.1, 0.15) is 277 Å². The van der Waals surface area contributed by atoms with E-state index in [2.05, 4.69) is 19.2 Å². The molecule has 0 aliphatic carbocycles. The van der Waals surface area contributed by atoms with Crippen LogP contribution in [0.2, 0.25) is 0 Å². The second-order valence-electron chi connectivity index (χ2n) is 17.5. The van der Waals surface area contributed by atoms with E-state index in [0.717, 1.165) is 57.8 Å². The van der Waals surface area contributed by atoms with Gasteiger partial charge in [0.25, 0.3) is 0 Å². The van der Waals surface area contributed by atoms with E-state index < -0.39 is 12.1 Å². The van der Waals surface area contributed by atoms with Gasteiger partial charge in [-0.1, -0.05) is 244 Å². The van der Waals surface area contributed by atoms with Crippen molar-refractivity contribution >= 4 is 11.9 Å². The van der Waals surface area contributed by atoms with E-state index in [4.69, 9.17) is 4.74 Å². The van der Waals surface area contributed by atoms with Crippen molar-refractivity contribution in [2.45, 2.75) is 289 Å². The molecule has 0 aromatic carbocycles. The number of aliphatic hydroxyl groups excluding tert-OH is 2. The summed E-state index contributed by atoms with van der Waals surface area (Å²) in [6.45, 7) is 4.85. The van der Waals surface area contributed by atoms with E-state index in [0.29, 0.717) is 19.4 Å². The number of unbranched alkanes of at least 4 members (excludes halogenated alkanes) is 36. The molecule has 6 heteroatoms. The Morgan fingerprint density at radius 3 is 1.19 bits per heavy atom. The maximum atomic E-state index is 12.4. The topological polar surface area (TPSA) is 95.9 Å². The zero-order valence-electron chi connectivity index (χ0n) is 38.3. The van der Waals surface area contributed by atoms with Crippen LogP contribution in [-0.2, 0) is 14.3 Å². The molecule has 0 aromatic heterocycles. The lowest BCUT2D eigenvalue weighted by atomic mass is 10.0. The van der Waals surface area contributed by atoms with Gasteiger partial charge in [0.15, 0.2) is 0 Å². The van der Waals surface area contributed by atoms with E-state index in [-0.39, 0.29) is 18.5 Å². The summed E-state index contributed by atoms with van der Waals surface area (Å²) in [6.07, 6.45) is 53.5. The minimum atomic E-state index is -0.860. The first-order chi connectivity index (χ1) is 28.0. The average Bonchev–Trinajstić information content (AvgIpc) is 3.21. The summed E-state index contributed by atoms with van der Waals surface area (Å²) in [5.74, 6) is -0.118. The standard InChI is InChI=1S/C51H99NO5/c1-3-5-7-9-11-13-15-17-19-21-23-25-29-33-37-41-45-51(56)57-46-42-38-34-30-26-28-32-36-40-44-50(55)52-48(47-53)49(54)43-39-35-31-27-24-22-20-18-16-14-12-10-8-6-4-2/h39,43,48-49,53-54H,3-38,40-42,44-47H2,1-2H3,(H,52,55)/b43-39+. The van der Waals surface area contributed by atoms with Crippen LogP contribution >= 0.6 is 0 Å². The highest BCUT2D eigenvalue weighted by atomic mass is 16.5. The number of hydrogen-bond acceptors (Lipinski definition) is 5. The molecule has 0 aromatic rings. The summed E-state index contributed by atoms with van der Waals surface area (Å²) in [7, 11) is 0. The Bertz CT molecular complexity index is 847. The van der Waals surface area contributed by atoms with Gasteiger partial charge < -0.3 is 20.3 Å². The van der Waals surface area contributed by atoms with Crippen LogP contribution in [0.15, 0.2) is 12.2 Å². The van der Waals surface area contributed by atoms with Crippen LogP contribution in [0, 0.1) is 0 Å². The lowest BCUT2D eigenvalue weighted by molar-refractivity contribution is -0.143. The van der Waals surface area contributed by atoms with Crippen molar-refractivity contribution in [3.63, 3.8) is 0 Å². The van der Waals surface area contributed by atoms with E-state index in [9.17, 15) is 19.8 Å². The Morgan fingerprint density at radius 1 is 0.474 bits per heavy atom. The fourth-order valence-electron chi connectivity index (χ4n) is 7.87. The second kappa shape index (κ2) is 47.3. The molecule has 0 fully saturated rings. The molecule has 1 amide bonds. The summed E-state index contributed by atoms with van der Waals surface area (Å²) >= 11 is 0. The Hall–Kier alpha value is -1.40. The van der Waals surface area contributed by atoms with Crippen LogP contribution in [0.5, 0.6) is 0 Å². The van der Waals surface area contributed by atoms with Crippen LogP contribution in [0.3, 0.4) is 0 Å². The molecular weight excluding hydrogens is 707 g/mol. The van der Waals surface area contributed by atoms with Gasteiger partial charge in [0.2, 0.25) is 5.91 Å².